The maximum Gasteiger partial charge on any atom is 0.250 e. The van der Waals surface area contributed by atoms with E-state index in [-0.39, 0.29) is 6.04 Å². The maximum absolute atomic E-state index is 11.6. The average molecular weight is 289 g/mol. The first-order chi connectivity index (χ1) is 9.49. The van der Waals surface area contributed by atoms with Gasteiger partial charge >= 0.3 is 0 Å². The van der Waals surface area contributed by atoms with Crippen molar-refractivity contribution >= 4 is 28.6 Å². The van der Waals surface area contributed by atoms with Gasteiger partial charge in [0.1, 0.15) is 0 Å². The van der Waals surface area contributed by atoms with Crippen LogP contribution in [0.3, 0.4) is 0 Å². The molecule has 0 aliphatic carbocycles. The molecule has 0 aliphatic rings. The molecule has 1 unspecified atom stereocenters. The molecule has 0 radical (unpaired) electrons. The van der Waals surface area contributed by atoms with E-state index in [1.165, 1.54) is 4.88 Å². The lowest BCUT2D eigenvalue weighted by Crippen LogP contribution is -2.32. The van der Waals surface area contributed by atoms with Crippen LogP contribution in [-0.4, -0.2) is 19.0 Å². The van der Waals surface area contributed by atoms with Gasteiger partial charge in [0.25, 0.3) is 5.91 Å². The first-order valence-electron chi connectivity index (χ1n) is 6.43. The van der Waals surface area contributed by atoms with E-state index in [0.29, 0.717) is 11.3 Å². The van der Waals surface area contributed by atoms with Gasteiger partial charge in [0.05, 0.1) is 5.56 Å². The number of hydrogen-bond donors (Lipinski definition) is 2. The maximum atomic E-state index is 11.6. The van der Waals surface area contributed by atoms with Crippen molar-refractivity contribution in [3.8, 4) is 0 Å². The molecule has 2 aromatic rings. The number of nitrogen functional groups attached to an aromatic ring is 1. The van der Waals surface area contributed by atoms with Crippen LogP contribution in [0.1, 0.15) is 22.2 Å². The van der Waals surface area contributed by atoms with E-state index in [9.17, 15) is 4.79 Å². The Bertz CT molecular complexity index is 595. The Morgan fingerprint density at radius 3 is 2.75 bits per heavy atom. The normalized spacial score (nSPS) is 12.1. The van der Waals surface area contributed by atoms with Crippen LogP contribution in [-0.2, 0) is 6.42 Å². The van der Waals surface area contributed by atoms with Crippen LogP contribution >= 0.6 is 11.3 Å². The number of amides is 1. The first kappa shape index (κ1) is 14.4. The Balaban J connectivity index is 2.24. The van der Waals surface area contributed by atoms with Gasteiger partial charge in [-0.15, -0.1) is 11.3 Å². The van der Waals surface area contributed by atoms with E-state index >= 15 is 0 Å². The molecule has 4 nitrogen and oxygen atoms in total. The Morgan fingerprint density at radius 2 is 2.15 bits per heavy atom. The number of anilines is 2. The highest BCUT2D eigenvalue weighted by Gasteiger charge is 2.17. The van der Waals surface area contributed by atoms with Crippen molar-refractivity contribution in [3.63, 3.8) is 0 Å². The number of carbonyl (C=O) groups excluding carboxylic acids is 1. The minimum Gasteiger partial charge on any atom is -0.399 e. The molecule has 1 amide bonds. The number of benzene rings is 1. The highest BCUT2D eigenvalue weighted by Crippen LogP contribution is 2.25. The van der Waals surface area contributed by atoms with Crippen LogP contribution in [0.15, 0.2) is 35.7 Å². The Labute approximate surface area is 123 Å². The fourth-order valence-corrected chi connectivity index (χ4v) is 2.98. The van der Waals surface area contributed by atoms with Gasteiger partial charge in [-0.25, -0.2) is 0 Å². The molecule has 106 valence electrons. The highest BCUT2D eigenvalue weighted by atomic mass is 32.1. The van der Waals surface area contributed by atoms with E-state index < -0.39 is 5.91 Å². The minimum absolute atomic E-state index is 0.260. The molecule has 0 aliphatic heterocycles. The Hall–Kier alpha value is -2.01. The molecule has 2 rings (SSSR count). The standard InChI is InChI=1S/C15H19N3OS/c1-10(8-12-4-3-7-20-12)18(2)14-6-5-11(16)9-13(14)15(17)19/h3-7,9-10H,8,16H2,1-2H3,(H2,17,19). The average Bonchev–Trinajstić information content (AvgIpc) is 2.90. The summed E-state index contributed by atoms with van der Waals surface area (Å²) in [6, 6.07) is 9.69. The van der Waals surface area contributed by atoms with Crippen molar-refractivity contribution < 1.29 is 4.79 Å². The van der Waals surface area contributed by atoms with Crippen molar-refractivity contribution in [2.75, 3.05) is 17.7 Å². The van der Waals surface area contributed by atoms with Crippen molar-refractivity contribution in [1.82, 2.24) is 0 Å². The topological polar surface area (TPSA) is 72.3 Å². The van der Waals surface area contributed by atoms with Crippen LogP contribution < -0.4 is 16.4 Å². The van der Waals surface area contributed by atoms with Gasteiger partial charge in [0, 0.05) is 35.8 Å². The number of primary amides is 1. The summed E-state index contributed by atoms with van der Waals surface area (Å²) < 4.78 is 0. The van der Waals surface area contributed by atoms with Crippen molar-refractivity contribution in [2.24, 2.45) is 5.73 Å². The molecule has 0 saturated heterocycles. The molecule has 0 saturated carbocycles. The van der Waals surface area contributed by atoms with E-state index in [4.69, 9.17) is 11.5 Å². The van der Waals surface area contributed by atoms with Crippen molar-refractivity contribution in [2.45, 2.75) is 19.4 Å². The quantitative estimate of drug-likeness (QED) is 0.831. The highest BCUT2D eigenvalue weighted by molar-refractivity contribution is 7.09. The molecule has 0 fully saturated rings. The molecular formula is C15H19N3OS. The lowest BCUT2D eigenvalue weighted by atomic mass is 10.1. The van der Waals surface area contributed by atoms with Gasteiger partial charge < -0.3 is 16.4 Å². The number of rotatable bonds is 5. The number of nitrogens with zero attached hydrogens (tertiary/aromatic N) is 1. The van der Waals surface area contributed by atoms with E-state index in [2.05, 4.69) is 23.3 Å². The van der Waals surface area contributed by atoms with E-state index in [1.54, 1.807) is 23.5 Å². The third-order valence-electron chi connectivity index (χ3n) is 3.40. The molecular weight excluding hydrogens is 270 g/mol. The van der Waals surface area contributed by atoms with E-state index in [1.807, 2.05) is 19.2 Å². The fourth-order valence-electron chi connectivity index (χ4n) is 2.15. The lowest BCUT2D eigenvalue weighted by Gasteiger charge is -2.28. The molecule has 20 heavy (non-hydrogen) atoms. The monoisotopic (exact) mass is 289 g/mol. The van der Waals surface area contributed by atoms with Gasteiger partial charge in [-0.1, -0.05) is 6.07 Å². The van der Waals surface area contributed by atoms with Gasteiger partial charge in [-0.2, -0.15) is 0 Å². The van der Waals surface area contributed by atoms with Gasteiger partial charge in [-0.3, -0.25) is 4.79 Å². The number of nitrogens with two attached hydrogens (primary N) is 2. The minimum atomic E-state index is -0.456. The first-order valence-corrected chi connectivity index (χ1v) is 7.31. The second-order valence-electron chi connectivity index (χ2n) is 4.88. The van der Waals surface area contributed by atoms with Crippen LogP contribution in [0.25, 0.3) is 0 Å². The molecule has 1 heterocycles. The SMILES string of the molecule is CC(Cc1cccs1)N(C)c1ccc(N)cc1C(N)=O. The van der Waals surface area contributed by atoms with Crippen molar-refractivity contribution in [1.29, 1.82) is 0 Å². The van der Waals surface area contributed by atoms with Crippen LogP contribution in [0, 0.1) is 0 Å². The predicted octanol–water partition coefficient (Wildman–Crippen LogP) is 2.50. The third-order valence-corrected chi connectivity index (χ3v) is 4.30. The van der Waals surface area contributed by atoms with Crippen LogP contribution in [0.4, 0.5) is 11.4 Å². The summed E-state index contributed by atoms with van der Waals surface area (Å²) in [5.74, 6) is -0.456. The number of likely N-dealkylation sites (N-methyl/N-ethyl adjacent to an activating group) is 1. The largest absolute Gasteiger partial charge is 0.399 e. The summed E-state index contributed by atoms with van der Waals surface area (Å²) in [5, 5.41) is 2.07. The third kappa shape index (κ3) is 3.11. The Kier molecular flexibility index (Phi) is 4.29. The summed E-state index contributed by atoms with van der Waals surface area (Å²) in [4.78, 5) is 14.9. The predicted molar refractivity (Wildman–Crippen MR) is 85.3 cm³/mol. The number of carbonyl (C=O) groups is 1. The summed E-state index contributed by atoms with van der Waals surface area (Å²) in [5.41, 5.74) is 13.0. The molecule has 4 N–H and O–H groups in total. The molecule has 1 atom stereocenters. The number of hydrogen-bond acceptors (Lipinski definition) is 4. The second-order valence-corrected chi connectivity index (χ2v) is 5.92. The zero-order valence-corrected chi connectivity index (χ0v) is 12.5. The summed E-state index contributed by atoms with van der Waals surface area (Å²) in [6.45, 7) is 2.13. The summed E-state index contributed by atoms with van der Waals surface area (Å²) >= 11 is 1.74. The molecule has 0 spiro atoms. The van der Waals surface area contributed by atoms with Crippen molar-refractivity contribution in [3.05, 3.63) is 46.2 Å². The lowest BCUT2D eigenvalue weighted by molar-refractivity contribution is 0.100. The van der Waals surface area contributed by atoms with Gasteiger partial charge in [0.15, 0.2) is 0 Å². The fraction of sp³-hybridized carbons (Fsp3) is 0.267. The molecule has 5 heteroatoms. The molecule has 1 aromatic carbocycles. The van der Waals surface area contributed by atoms with Gasteiger partial charge in [0.2, 0.25) is 0 Å². The second kappa shape index (κ2) is 5.96. The number of thiophene rings is 1. The summed E-state index contributed by atoms with van der Waals surface area (Å²) in [7, 11) is 1.97. The van der Waals surface area contributed by atoms with Crippen LogP contribution in [0.5, 0.6) is 0 Å². The van der Waals surface area contributed by atoms with Gasteiger partial charge in [-0.05, 0) is 36.6 Å². The molecule has 1 aromatic heterocycles. The zero-order chi connectivity index (χ0) is 14.7. The summed E-state index contributed by atoms with van der Waals surface area (Å²) in [6.07, 6.45) is 0.927. The molecule has 0 bridgehead atoms. The Morgan fingerprint density at radius 1 is 1.40 bits per heavy atom. The smallest absolute Gasteiger partial charge is 0.250 e. The van der Waals surface area contributed by atoms with E-state index in [0.717, 1.165) is 12.1 Å². The van der Waals surface area contributed by atoms with Crippen LogP contribution in [0.2, 0.25) is 0 Å². The zero-order valence-electron chi connectivity index (χ0n) is 11.7.